The maximum absolute atomic E-state index is 12.8. The number of rotatable bonds is 3. The molecule has 0 atom stereocenters. The second-order valence-electron chi connectivity index (χ2n) is 6.10. The van der Waals surface area contributed by atoms with E-state index in [-0.39, 0.29) is 11.3 Å². The van der Waals surface area contributed by atoms with E-state index in [4.69, 9.17) is 0 Å². The minimum atomic E-state index is -0.850. The Hall–Kier alpha value is -3.81. The van der Waals surface area contributed by atoms with Gasteiger partial charge in [0, 0.05) is 11.6 Å². The third-order valence-corrected chi connectivity index (χ3v) is 4.13. The Bertz CT molecular complexity index is 1010. The number of aryl methyl sites for hydroxylation is 2. The fourth-order valence-electron chi connectivity index (χ4n) is 2.67. The van der Waals surface area contributed by atoms with E-state index in [1.807, 2.05) is 6.92 Å². The van der Waals surface area contributed by atoms with E-state index in [2.05, 4.69) is 5.32 Å². The van der Waals surface area contributed by atoms with Gasteiger partial charge in [-0.05, 0) is 37.6 Å². The van der Waals surface area contributed by atoms with Gasteiger partial charge in [0.25, 0.3) is 17.5 Å². The summed E-state index contributed by atoms with van der Waals surface area (Å²) in [5.74, 6) is -1.65. The maximum atomic E-state index is 12.8. The summed E-state index contributed by atoms with van der Waals surface area (Å²) in [4.78, 5) is 48.5. The number of hydrogen-bond donors (Lipinski definition) is 1. The molecule has 0 spiro atoms. The summed E-state index contributed by atoms with van der Waals surface area (Å²) in [5, 5.41) is 13.2. The summed E-state index contributed by atoms with van der Waals surface area (Å²) < 4.78 is 0. The van der Waals surface area contributed by atoms with Crippen LogP contribution in [-0.4, -0.2) is 22.8 Å². The molecular weight excluding hydrogens is 350 g/mol. The number of urea groups is 1. The molecule has 27 heavy (non-hydrogen) atoms. The van der Waals surface area contributed by atoms with Gasteiger partial charge in [0.05, 0.1) is 10.6 Å². The van der Waals surface area contributed by atoms with E-state index in [0.717, 1.165) is 10.5 Å². The van der Waals surface area contributed by atoms with Gasteiger partial charge in [-0.2, -0.15) is 0 Å². The first kappa shape index (κ1) is 18.0. The minimum Gasteiger partial charge on any atom is -0.273 e. The van der Waals surface area contributed by atoms with Crippen LogP contribution in [0.25, 0.3) is 6.08 Å². The normalized spacial score (nSPS) is 15.9. The summed E-state index contributed by atoms with van der Waals surface area (Å²) in [6.45, 7) is 3.45. The Morgan fingerprint density at radius 3 is 2.33 bits per heavy atom. The number of barbiturate groups is 1. The van der Waals surface area contributed by atoms with Crippen molar-refractivity contribution in [2.45, 2.75) is 13.8 Å². The molecular formula is C19H15N3O5. The van der Waals surface area contributed by atoms with E-state index < -0.39 is 22.8 Å². The highest BCUT2D eigenvalue weighted by Gasteiger charge is 2.36. The molecule has 8 nitrogen and oxygen atoms in total. The van der Waals surface area contributed by atoms with Crippen LogP contribution in [0.4, 0.5) is 16.2 Å². The molecule has 0 saturated carbocycles. The molecule has 1 N–H and O–H groups in total. The molecule has 3 rings (SSSR count). The lowest BCUT2D eigenvalue weighted by Gasteiger charge is -2.26. The predicted molar refractivity (Wildman–Crippen MR) is 98.0 cm³/mol. The molecule has 4 amide bonds. The molecule has 2 aromatic carbocycles. The van der Waals surface area contributed by atoms with Gasteiger partial charge in [0.2, 0.25) is 0 Å². The van der Waals surface area contributed by atoms with E-state index in [0.29, 0.717) is 16.8 Å². The van der Waals surface area contributed by atoms with Crippen LogP contribution in [0.2, 0.25) is 0 Å². The summed E-state index contributed by atoms with van der Waals surface area (Å²) in [6, 6.07) is 10.2. The fraction of sp³-hybridized carbons (Fsp3) is 0.105. The standard InChI is InChI=1S/C19H15N3O5/c1-11-3-7-14(8-4-11)21-18(24)15(17(23)20-19(21)25)9-13-6-5-12(2)16(10-13)22(26)27/h3-10H,1-2H3,(H,20,23,25)/b15-9+. The number of nitro groups is 1. The van der Waals surface area contributed by atoms with Gasteiger partial charge in [0.1, 0.15) is 5.57 Å². The second-order valence-corrected chi connectivity index (χ2v) is 6.10. The molecule has 0 aromatic heterocycles. The predicted octanol–water partition coefficient (Wildman–Crippen LogP) is 2.88. The SMILES string of the molecule is Cc1ccc(N2C(=O)NC(=O)/C(=C\c3ccc(C)c([N+](=O)[O-])c3)C2=O)cc1. The first-order valence-electron chi connectivity index (χ1n) is 8.01. The number of amides is 4. The third kappa shape index (κ3) is 3.45. The largest absolute Gasteiger partial charge is 0.335 e. The van der Waals surface area contributed by atoms with Crippen LogP contribution >= 0.6 is 0 Å². The zero-order valence-corrected chi connectivity index (χ0v) is 14.6. The van der Waals surface area contributed by atoms with Crippen molar-refractivity contribution in [1.29, 1.82) is 0 Å². The van der Waals surface area contributed by atoms with E-state index in [1.54, 1.807) is 37.3 Å². The highest BCUT2D eigenvalue weighted by Crippen LogP contribution is 2.24. The van der Waals surface area contributed by atoms with Crippen LogP contribution < -0.4 is 10.2 Å². The van der Waals surface area contributed by atoms with Gasteiger partial charge in [0.15, 0.2) is 0 Å². The Labute approximate surface area is 154 Å². The first-order valence-corrected chi connectivity index (χ1v) is 8.01. The molecule has 0 unspecified atom stereocenters. The van der Waals surface area contributed by atoms with Crippen molar-refractivity contribution in [1.82, 2.24) is 5.32 Å². The molecule has 1 saturated heterocycles. The third-order valence-electron chi connectivity index (χ3n) is 4.13. The zero-order chi connectivity index (χ0) is 19.7. The van der Waals surface area contributed by atoms with Crippen LogP contribution in [0.5, 0.6) is 0 Å². The molecule has 1 heterocycles. The highest BCUT2D eigenvalue weighted by molar-refractivity contribution is 6.39. The number of carbonyl (C=O) groups excluding carboxylic acids is 3. The lowest BCUT2D eigenvalue weighted by molar-refractivity contribution is -0.385. The zero-order valence-electron chi connectivity index (χ0n) is 14.6. The Kier molecular flexibility index (Phi) is 4.55. The molecule has 2 aromatic rings. The molecule has 1 aliphatic heterocycles. The quantitative estimate of drug-likeness (QED) is 0.389. The van der Waals surface area contributed by atoms with Crippen molar-refractivity contribution in [3.8, 4) is 0 Å². The Morgan fingerprint density at radius 2 is 1.70 bits per heavy atom. The van der Waals surface area contributed by atoms with Gasteiger partial charge in [-0.25, -0.2) is 9.69 Å². The lowest BCUT2D eigenvalue weighted by Crippen LogP contribution is -2.54. The molecule has 0 radical (unpaired) electrons. The van der Waals surface area contributed by atoms with Crippen molar-refractivity contribution in [3.63, 3.8) is 0 Å². The summed E-state index contributed by atoms with van der Waals surface area (Å²) >= 11 is 0. The number of hydrogen-bond acceptors (Lipinski definition) is 5. The number of imide groups is 2. The highest BCUT2D eigenvalue weighted by atomic mass is 16.6. The number of nitrogens with one attached hydrogen (secondary N) is 1. The van der Waals surface area contributed by atoms with E-state index >= 15 is 0 Å². The second kappa shape index (κ2) is 6.83. The molecule has 1 fully saturated rings. The van der Waals surface area contributed by atoms with Gasteiger partial charge in [-0.15, -0.1) is 0 Å². The Morgan fingerprint density at radius 1 is 1.04 bits per heavy atom. The summed E-state index contributed by atoms with van der Waals surface area (Å²) in [7, 11) is 0. The molecule has 1 aliphatic rings. The molecule has 8 heteroatoms. The average Bonchev–Trinajstić information content (AvgIpc) is 2.61. The van der Waals surface area contributed by atoms with Crippen LogP contribution in [0.1, 0.15) is 16.7 Å². The van der Waals surface area contributed by atoms with Crippen LogP contribution in [-0.2, 0) is 9.59 Å². The van der Waals surface area contributed by atoms with E-state index in [1.165, 1.54) is 18.2 Å². The van der Waals surface area contributed by atoms with Crippen molar-refractivity contribution >= 4 is 35.3 Å². The summed E-state index contributed by atoms with van der Waals surface area (Å²) in [6.07, 6.45) is 1.23. The van der Waals surface area contributed by atoms with Crippen molar-refractivity contribution in [2.24, 2.45) is 0 Å². The van der Waals surface area contributed by atoms with Crippen molar-refractivity contribution in [3.05, 3.63) is 74.8 Å². The number of anilines is 1. The lowest BCUT2D eigenvalue weighted by atomic mass is 10.0. The van der Waals surface area contributed by atoms with Gasteiger partial charge < -0.3 is 0 Å². The molecule has 0 bridgehead atoms. The average molecular weight is 365 g/mol. The smallest absolute Gasteiger partial charge is 0.273 e. The monoisotopic (exact) mass is 365 g/mol. The van der Waals surface area contributed by atoms with Crippen LogP contribution in [0.15, 0.2) is 48.0 Å². The number of benzene rings is 2. The topological polar surface area (TPSA) is 110 Å². The number of carbonyl (C=O) groups is 3. The van der Waals surface area contributed by atoms with Crippen molar-refractivity contribution < 1.29 is 19.3 Å². The fourth-order valence-corrected chi connectivity index (χ4v) is 2.67. The maximum Gasteiger partial charge on any atom is 0.335 e. The Balaban J connectivity index is 2.03. The molecule has 0 aliphatic carbocycles. The van der Waals surface area contributed by atoms with Gasteiger partial charge in [-0.3, -0.25) is 25.0 Å². The van der Waals surface area contributed by atoms with Gasteiger partial charge in [-0.1, -0.05) is 29.8 Å². The summed E-state index contributed by atoms with van der Waals surface area (Å²) in [5.41, 5.74) is 1.62. The number of nitro benzene ring substituents is 1. The van der Waals surface area contributed by atoms with Crippen molar-refractivity contribution in [2.75, 3.05) is 4.90 Å². The molecule has 136 valence electrons. The number of nitrogens with zero attached hydrogens (tertiary/aromatic N) is 2. The van der Waals surface area contributed by atoms with Crippen LogP contribution in [0, 0.1) is 24.0 Å². The van der Waals surface area contributed by atoms with E-state index in [9.17, 15) is 24.5 Å². The first-order chi connectivity index (χ1) is 12.8. The van der Waals surface area contributed by atoms with Crippen LogP contribution in [0.3, 0.4) is 0 Å². The minimum absolute atomic E-state index is 0.125. The van der Waals surface area contributed by atoms with Gasteiger partial charge >= 0.3 is 6.03 Å².